The molecule has 210 valence electrons. The van der Waals surface area contributed by atoms with Crippen LogP contribution in [0.5, 0.6) is 0 Å². The van der Waals surface area contributed by atoms with Gasteiger partial charge in [0.2, 0.25) is 0 Å². The van der Waals surface area contributed by atoms with Gasteiger partial charge in [0.1, 0.15) is 0 Å². The molecule has 0 saturated heterocycles. The second-order valence-corrected chi connectivity index (χ2v) is 13.7. The molecule has 0 aliphatic rings. The largest absolute Gasteiger partial charge is 0.309 e. The van der Waals surface area contributed by atoms with Crippen LogP contribution in [0.25, 0.3) is 90.4 Å². The van der Waals surface area contributed by atoms with Crippen LogP contribution in [0, 0.1) is 0 Å². The van der Waals surface area contributed by atoms with Gasteiger partial charge in [0, 0.05) is 62.2 Å². The molecule has 4 heterocycles. The highest BCUT2D eigenvalue weighted by atomic mass is 32.1. The lowest BCUT2D eigenvalue weighted by Crippen LogP contribution is -1.98. The van der Waals surface area contributed by atoms with E-state index in [1.165, 1.54) is 62.2 Å². The van der Waals surface area contributed by atoms with E-state index < -0.39 is 0 Å². The van der Waals surface area contributed by atoms with Crippen molar-refractivity contribution in [2.45, 2.75) is 0 Å². The number of hydrogen-bond donors (Lipinski definition) is 0. The van der Waals surface area contributed by atoms with Gasteiger partial charge >= 0.3 is 0 Å². The molecular formula is C41H24N2S2. The van der Waals surface area contributed by atoms with Gasteiger partial charge in [-0.05, 0) is 42.5 Å². The molecular weight excluding hydrogens is 585 g/mol. The lowest BCUT2D eigenvalue weighted by molar-refractivity contribution is 1.16. The molecule has 10 rings (SSSR count). The average Bonchev–Trinajstić information content (AvgIpc) is 3.77. The first kappa shape index (κ1) is 25.1. The number of nitrogens with zero attached hydrogens (tertiary/aromatic N) is 2. The van der Waals surface area contributed by atoms with Gasteiger partial charge < -0.3 is 4.57 Å². The van der Waals surface area contributed by atoms with Gasteiger partial charge in [-0.1, -0.05) is 103 Å². The molecule has 2 nitrogen and oxygen atoms in total. The van der Waals surface area contributed by atoms with Crippen LogP contribution in [-0.4, -0.2) is 9.55 Å². The maximum Gasteiger partial charge on any atom is 0.0730 e. The predicted octanol–water partition coefficient (Wildman–Crippen LogP) is 12.2. The molecule has 0 N–H and O–H groups in total. The minimum Gasteiger partial charge on any atom is -0.309 e. The van der Waals surface area contributed by atoms with Gasteiger partial charge in [0.15, 0.2) is 0 Å². The molecule has 0 aliphatic heterocycles. The first-order chi connectivity index (χ1) is 22.3. The number of thiophene rings is 2. The third-order valence-corrected chi connectivity index (χ3v) is 11.3. The second-order valence-electron chi connectivity index (χ2n) is 11.6. The van der Waals surface area contributed by atoms with E-state index in [1.807, 2.05) is 22.7 Å². The Hall–Kier alpha value is -5.29. The Morgan fingerprint density at radius 2 is 1.04 bits per heavy atom. The van der Waals surface area contributed by atoms with E-state index in [0.29, 0.717) is 0 Å². The van der Waals surface area contributed by atoms with Crippen LogP contribution in [0.15, 0.2) is 146 Å². The fraction of sp³-hybridized carbons (Fsp3) is 0. The van der Waals surface area contributed by atoms with Gasteiger partial charge in [-0.2, -0.15) is 0 Å². The summed E-state index contributed by atoms with van der Waals surface area (Å²) >= 11 is 3.74. The number of benzene rings is 6. The molecule has 6 aromatic carbocycles. The molecule has 0 radical (unpaired) electrons. The first-order valence-corrected chi connectivity index (χ1v) is 16.8. The van der Waals surface area contributed by atoms with Crippen molar-refractivity contribution in [3.8, 4) is 28.2 Å². The van der Waals surface area contributed by atoms with Crippen LogP contribution in [0.1, 0.15) is 0 Å². The van der Waals surface area contributed by atoms with Crippen molar-refractivity contribution in [2.75, 3.05) is 0 Å². The summed E-state index contributed by atoms with van der Waals surface area (Å²) in [6.07, 6.45) is 0. The third kappa shape index (κ3) is 3.77. The highest BCUT2D eigenvalue weighted by molar-refractivity contribution is 7.27. The Balaban J connectivity index is 1.27. The van der Waals surface area contributed by atoms with Crippen LogP contribution < -0.4 is 0 Å². The second kappa shape index (κ2) is 9.60. The Kier molecular flexibility index (Phi) is 5.35. The lowest BCUT2D eigenvalue weighted by Gasteiger charge is -2.13. The maximum absolute atomic E-state index is 5.28. The van der Waals surface area contributed by atoms with E-state index in [0.717, 1.165) is 28.2 Å². The summed E-state index contributed by atoms with van der Waals surface area (Å²) in [5, 5.41) is 7.85. The van der Waals surface area contributed by atoms with E-state index in [1.54, 1.807) is 0 Å². The van der Waals surface area contributed by atoms with E-state index in [2.05, 4.69) is 150 Å². The Morgan fingerprint density at radius 1 is 0.422 bits per heavy atom. The Labute approximate surface area is 267 Å². The van der Waals surface area contributed by atoms with Crippen LogP contribution in [0.3, 0.4) is 0 Å². The highest BCUT2D eigenvalue weighted by Gasteiger charge is 2.19. The van der Waals surface area contributed by atoms with Crippen LogP contribution in [-0.2, 0) is 0 Å². The fourth-order valence-corrected chi connectivity index (χ4v) is 9.35. The average molecular weight is 609 g/mol. The molecule has 0 amide bonds. The highest BCUT2D eigenvalue weighted by Crippen LogP contribution is 2.44. The number of fused-ring (bicyclic) bond motifs is 10. The quantitative estimate of drug-likeness (QED) is 0.195. The van der Waals surface area contributed by atoms with E-state index in [-0.39, 0.29) is 0 Å². The Bertz CT molecular complexity index is 2760. The van der Waals surface area contributed by atoms with Gasteiger partial charge in [-0.25, -0.2) is 4.98 Å². The van der Waals surface area contributed by atoms with Crippen molar-refractivity contribution in [2.24, 2.45) is 0 Å². The van der Waals surface area contributed by atoms with Gasteiger partial charge in [-0.15, -0.1) is 22.7 Å². The van der Waals surface area contributed by atoms with Crippen molar-refractivity contribution < 1.29 is 0 Å². The molecule has 0 saturated carbocycles. The summed E-state index contributed by atoms with van der Waals surface area (Å²) in [7, 11) is 0. The molecule has 0 spiro atoms. The SMILES string of the molecule is c1ccc(-c2cc(-n3c4ccccc4c4c5sc6ccccc6c5ccc43)cc(-c3ccc4c(c3)sc3ccccc34)n2)cc1. The summed E-state index contributed by atoms with van der Waals surface area (Å²) in [6.45, 7) is 0. The summed E-state index contributed by atoms with van der Waals surface area (Å²) < 4.78 is 7.70. The molecule has 0 atom stereocenters. The van der Waals surface area contributed by atoms with Crippen molar-refractivity contribution in [1.29, 1.82) is 0 Å². The maximum atomic E-state index is 5.28. The predicted molar refractivity (Wildman–Crippen MR) is 195 cm³/mol. The standard InChI is InChI=1S/C41H24N2S2/c1-2-10-25(11-3-1)33-23-27(24-34(42-33)26-18-19-30-28-12-5-8-16-37(28)44-39(30)22-26)43-35-15-7-4-14-32(35)40-36(43)21-20-31-29-13-6-9-17-38(29)45-41(31)40/h1-24H. The third-order valence-electron chi connectivity index (χ3n) is 8.99. The van der Waals surface area contributed by atoms with Gasteiger partial charge in [0.25, 0.3) is 0 Å². The van der Waals surface area contributed by atoms with E-state index in [9.17, 15) is 0 Å². The normalized spacial score (nSPS) is 12.0. The van der Waals surface area contributed by atoms with Gasteiger partial charge in [-0.3, -0.25) is 0 Å². The molecule has 4 aromatic heterocycles. The smallest absolute Gasteiger partial charge is 0.0730 e. The molecule has 0 unspecified atom stereocenters. The van der Waals surface area contributed by atoms with Crippen LogP contribution in [0.4, 0.5) is 0 Å². The minimum absolute atomic E-state index is 0.966. The van der Waals surface area contributed by atoms with Gasteiger partial charge in [0.05, 0.1) is 28.1 Å². The summed E-state index contributed by atoms with van der Waals surface area (Å²) in [5.74, 6) is 0. The number of hydrogen-bond acceptors (Lipinski definition) is 3. The monoisotopic (exact) mass is 608 g/mol. The minimum atomic E-state index is 0.966. The molecule has 0 aliphatic carbocycles. The number of para-hydroxylation sites is 1. The van der Waals surface area contributed by atoms with Crippen molar-refractivity contribution in [3.05, 3.63) is 146 Å². The zero-order valence-corrected chi connectivity index (χ0v) is 25.7. The Morgan fingerprint density at radius 3 is 1.87 bits per heavy atom. The number of pyridine rings is 1. The first-order valence-electron chi connectivity index (χ1n) is 15.1. The van der Waals surface area contributed by atoms with Crippen LogP contribution >= 0.6 is 22.7 Å². The number of rotatable bonds is 3. The zero-order valence-electron chi connectivity index (χ0n) is 24.1. The fourth-order valence-electron chi connectivity index (χ4n) is 6.95. The van der Waals surface area contributed by atoms with E-state index in [4.69, 9.17) is 4.98 Å². The topological polar surface area (TPSA) is 17.8 Å². The molecule has 45 heavy (non-hydrogen) atoms. The molecule has 10 aromatic rings. The summed E-state index contributed by atoms with van der Waals surface area (Å²) in [6, 6.07) is 52.7. The molecule has 4 heteroatoms. The van der Waals surface area contributed by atoms with Crippen LogP contribution in [0.2, 0.25) is 0 Å². The van der Waals surface area contributed by atoms with E-state index >= 15 is 0 Å². The summed E-state index contributed by atoms with van der Waals surface area (Å²) in [4.78, 5) is 5.28. The van der Waals surface area contributed by atoms with Crippen molar-refractivity contribution in [1.82, 2.24) is 9.55 Å². The van der Waals surface area contributed by atoms with Crippen molar-refractivity contribution in [3.63, 3.8) is 0 Å². The zero-order chi connectivity index (χ0) is 29.5. The van der Waals surface area contributed by atoms with Crippen molar-refractivity contribution >= 4 is 84.8 Å². The molecule has 0 bridgehead atoms. The lowest BCUT2D eigenvalue weighted by atomic mass is 10.0. The summed E-state index contributed by atoms with van der Waals surface area (Å²) in [5.41, 5.74) is 7.70. The number of aromatic nitrogens is 2. The molecule has 0 fully saturated rings.